The van der Waals surface area contributed by atoms with Gasteiger partial charge in [-0.2, -0.15) is 16.6 Å². The van der Waals surface area contributed by atoms with Gasteiger partial charge < -0.3 is 9.88 Å². The second kappa shape index (κ2) is 6.32. The monoisotopic (exact) mass is 314 g/mol. The largest absolute Gasteiger partial charge is 0.355 e. The van der Waals surface area contributed by atoms with Crippen molar-refractivity contribution in [2.24, 2.45) is 5.92 Å². The molecule has 0 aromatic carbocycles. The first-order valence-corrected chi connectivity index (χ1v) is 8.41. The molecular formula is C16H18N4OS. The summed E-state index contributed by atoms with van der Waals surface area (Å²) < 4.78 is 0. The highest BCUT2D eigenvalue weighted by molar-refractivity contribution is 7.07. The molecule has 1 fully saturated rings. The summed E-state index contributed by atoms with van der Waals surface area (Å²) in [6, 6.07) is 4.03. The van der Waals surface area contributed by atoms with Crippen molar-refractivity contribution in [2.45, 2.75) is 26.2 Å². The highest BCUT2D eigenvalue weighted by Gasteiger charge is 2.22. The molecule has 0 aliphatic carbocycles. The number of aromatic nitrogens is 2. The van der Waals surface area contributed by atoms with Crippen molar-refractivity contribution in [2.75, 3.05) is 18.0 Å². The summed E-state index contributed by atoms with van der Waals surface area (Å²) in [6.07, 6.45) is 2.72. The molecule has 2 aromatic heterocycles. The molecule has 0 unspecified atom stereocenters. The third-order valence-corrected chi connectivity index (χ3v) is 4.83. The fourth-order valence-corrected chi connectivity index (χ4v) is 3.40. The van der Waals surface area contributed by atoms with Crippen LogP contribution in [0, 0.1) is 17.2 Å². The first kappa shape index (κ1) is 14.8. The normalized spacial score (nSPS) is 15.7. The summed E-state index contributed by atoms with van der Waals surface area (Å²) in [6.45, 7) is 3.93. The van der Waals surface area contributed by atoms with E-state index in [2.05, 4.69) is 21.8 Å². The molecule has 1 aliphatic rings. The maximum absolute atomic E-state index is 12.2. The number of hydrogen-bond donors (Lipinski definition) is 1. The summed E-state index contributed by atoms with van der Waals surface area (Å²) in [7, 11) is 0. The van der Waals surface area contributed by atoms with E-state index in [-0.39, 0.29) is 11.1 Å². The topological polar surface area (TPSA) is 72.8 Å². The van der Waals surface area contributed by atoms with E-state index in [9.17, 15) is 10.1 Å². The molecule has 0 radical (unpaired) electrons. The molecular weight excluding hydrogens is 296 g/mol. The van der Waals surface area contributed by atoms with Gasteiger partial charge in [0.15, 0.2) is 11.4 Å². The van der Waals surface area contributed by atoms with E-state index in [4.69, 9.17) is 0 Å². The maximum Gasteiger partial charge on any atom is 0.271 e. The predicted octanol–water partition coefficient (Wildman–Crippen LogP) is 2.53. The Bertz CT molecular complexity index is 736. The highest BCUT2D eigenvalue weighted by atomic mass is 32.1. The lowest BCUT2D eigenvalue weighted by molar-refractivity contribution is 0.436. The van der Waals surface area contributed by atoms with Crippen LogP contribution in [0.15, 0.2) is 21.6 Å². The predicted molar refractivity (Wildman–Crippen MR) is 87.3 cm³/mol. The number of nitrogens with one attached hydrogen (secondary N) is 1. The van der Waals surface area contributed by atoms with Crippen molar-refractivity contribution in [1.82, 2.24) is 9.97 Å². The van der Waals surface area contributed by atoms with E-state index in [1.165, 1.54) is 0 Å². The number of aromatic amines is 1. The van der Waals surface area contributed by atoms with Crippen molar-refractivity contribution in [3.05, 3.63) is 44.1 Å². The standard InChI is InChI=1S/C16H18N4OS/c1-11-2-5-20(6-3-11)15-13(9-17)16(21)19-14(18-15)8-12-4-7-22-10-12/h4,7,10-11H,2-3,5-6,8H2,1H3,(H,18,19,21). The Morgan fingerprint density at radius 1 is 1.50 bits per heavy atom. The minimum Gasteiger partial charge on any atom is -0.355 e. The van der Waals surface area contributed by atoms with Gasteiger partial charge in [-0.3, -0.25) is 4.79 Å². The second-order valence-electron chi connectivity index (χ2n) is 5.80. The first-order chi connectivity index (χ1) is 10.7. The fourth-order valence-electron chi connectivity index (χ4n) is 2.73. The van der Waals surface area contributed by atoms with Crippen molar-refractivity contribution >= 4 is 17.2 Å². The van der Waals surface area contributed by atoms with Gasteiger partial charge in [0.05, 0.1) is 0 Å². The van der Waals surface area contributed by atoms with Crippen LogP contribution in [0.4, 0.5) is 5.82 Å². The molecule has 0 bridgehead atoms. The summed E-state index contributed by atoms with van der Waals surface area (Å²) in [5, 5.41) is 13.3. The molecule has 6 heteroatoms. The number of thiophene rings is 1. The lowest BCUT2D eigenvalue weighted by Crippen LogP contribution is -2.36. The lowest BCUT2D eigenvalue weighted by Gasteiger charge is -2.31. The average Bonchev–Trinajstić information content (AvgIpc) is 3.00. The number of rotatable bonds is 3. The van der Waals surface area contributed by atoms with E-state index in [0.29, 0.717) is 24.0 Å². The zero-order valence-corrected chi connectivity index (χ0v) is 13.3. The van der Waals surface area contributed by atoms with Gasteiger partial charge in [-0.05, 0) is 41.1 Å². The summed E-state index contributed by atoms with van der Waals surface area (Å²) in [5.41, 5.74) is 0.913. The molecule has 0 spiro atoms. The first-order valence-electron chi connectivity index (χ1n) is 7.46. The zero-order valence-electron chi connectivity index (χ0n) is 12.5. The van der Waals surface area contributed by atoms with Crippen LogP contribution < -0.4 is 10.5 Å². The van der Waals surface area contributed by atoms with Crippen LogP contribution >= 0.6 is 11.3 Å². The van der Waals surface area contributed by atoms with Crippen molar-refractivity contribution in [1.29, 1.82) is 5.26 Å². The van der Waals surface area contributed by atoms with Crippen LogP contribution in [0.2, 0.25) is 0 Å². The highest BCUT2D eigenvalue weighted by Crippen LogP contribution is 2.23. The van der Waals surface area contributed by atoms with E-state index >= 15 is 0 Å². The lowest BCUT2D eigenvalue weighted by atomic mass is 9.99. The van der Waals surface area contributed by atoms with Gasteiger partial charge in [-0.25, -0.2) is 4.98 Å². The molecule has 5 nitrogen and oxygen atoms in total. The van der Waals surface area contributed by atoms with Gasteiger partial charge in [-0.15, -0.1) is 0 Å². The minimum atomic E-state index is -0.337. The van der Waals surface area contributed by atoms with Crippen molar-refractivity contribution in [3.63, 3.8) is 0 Å². The number of nitrogens with zero attached hydrogens (tertiary/aromatic N) is 3. The van der Waals surface area contributed by atoms with Crippen LogP contribution in [0.25, 0.3) is 0 Å². The maximum atomic E-state index is 12.2. The molecule has 0 saturated carbocycles. The molecule has 1 N–H and O–H groups in total. The minimum absolute atomic E-state index is 0.128. The Morgan fingerprint density at radius 2 is 2.27 bits per heavy atom. The number of hydrogen-bond acceptors (Lipinski definition) is 5. The number of piperidine rings is 1. The van der Waals surface area contributed by atoms with Gasteiger partial charge in [0.2, 0.25) is 0 Å². The average molecular weight is 314 g/mol. The molecule has 22 heavy (non-hydrogen) atoms. The quantitative estimate of drug-likeness (QED) is 0.945. The summed E-state index contributed by atoms with van der Waals surface area (Å²) in [4.78, 5) is 21.6. The molecule has 114 valence electrons. The molecule has 1 saturated heterocycles. The van der Waals surface area contributed by atoms with Gasteiger partial charge >= 0.3 is 0 Å². The molecule has 2 aromatic rings. The number of nitriles is 1. The Labute approximate surface area is 133 Å². The molecule has 0 atom stereocenters. The SMILES string of the molecule is CC1CCN(c2nc(Cc3ccsc3)[nH]c(=O)c2C#N)CC1. The van der Waals surface area contributed by atoms with Gasteiger partial charge in [-0.1, -0.05) is 6.92 Å². The van der Waals surface area contributed by atoms with Gasteiger partial charge in [0.1, 0.15) is 11.9 Å². The van der Waals surface area contributed by atoms with E-state index in [0.717, 1.165) is 31.5 Å². The van der Waals surface area contributed by atoms with Gasteiger partial charge in [0, 0.05) is 19.5 Å². The van der Waals surface area contributed by atoms with Crippen LogP contribution in [0.1, 0.15) is 36.7 Å². The number of anilines is 1. The summed E-state index contributed by atoms with van der Waals surface area (Å²) >= 11 is 1.62. The Hall–Kier alpha value is -2.13. The van der Waals surface area contributed by atoms with Crippen molar-refractivity contribution < 1.29 is 0 Å². The van der Waals surface area contributed by atoms with Crippen LogP contribution in [-0.4, -0.2) is 23.1 Å². The Morgan fingerprint density at radius 3 is 2.91 bits per heavy atom. The summed E-state index contributed by atoms with van der Waals surface area (Å²) in [5.74, 6) is 1.86. The van der Waals surface area contributed by atoms with Gasteiger partial charge in [0.25, 0.3) is 5.56 Å². The van der Waals surface area contributed by atoms with Crippen LogP contribution in [-0.2, 0) is 6.42 Å². The zero-order chi connectivity index (χ0) is 15.5. The second-order valence-corrected chi connectivity index (χ2v) is 6.58. The Kier molecular flexibility index (Phi) is 4.25. The molecule has 0 amide bonds. The fraction of sp³-hybridized carbons (Fsp3) is 0.438. The van der Waals surface area contributed by atoms with E-state index in [1.54, 1.807) is 11.3 Å². The molecule has 3 rings (SSSR count). The molecule has 1 aliphatic heterocycles. The van der Waals surface area contributed by atoms with E-state index in [1.807, 2.05) is 22.9 Å². The third kappa shape index (κ3) is 3.04. The number of H-pyrrole nitrogens is 1. The Balaban J connectivity index is 1.94. The molecule has 3 heterocycles. The third-order valence-electron chi connectivity index (χ3n) is 4.10. The van der Waals surface area contributed by atoms with Crippen LogP contribution in [0.3, 0.4) is 0 Å². The van der Waals surface area contributed by atoms with Crippen molar-refractivity contribution in [3.8, 4) is 6.07 Å². The smallest absolute Gasteiger partial charge is 0.271 e. The van der Waals surface area contributed by atoms with Crippen LogP contribution in [0.5, 0.6) is 0 Å². The van der Waals surface area contributed by atoms with E-state index < -0.39 is 0 Å².